The monoisotopic (exact) mass is 459 g/mol. The molecule has 2 amide bonds. The average molecular weight is 460 g/mol. The molecule has 7 heteroatoms. The van der Waals surface area contributed by atoms with E-state index in [0.717, 1.165) is 16.9 Å². The first kappa shape index (κ1) is 23.7. The van der Waals surface area contributed by atoms with Crippen molar-refractivity contribution in [1.82, 2.24) is 10.6 Å². The van der Waals surface area contributed by atoms with Crippen molar-refractivity contribution in [2.45, 2.75) is 13.5 Å². The molecule has 0 aliphatic carbocycles. The number of hydrogen-bond acceptors (Lipinski definition) is 4. The molecule has 0 radical (unpaired) electrons. The Labute approximate surface area is 198 Å². The van der Waals surface area contributed by atoms with Crippen LogP contribution < -0.4 is 20.7 Å². The van der Waals surface area contributed by atoms with Crippen LogP contribution in [0.25, 0.3) is 6.08 Å². The van der Waals surface area contributed by atoms with E-state index in [4.69, 9.17) is 17.0 Å². The van der Waals surface area contributed by atoms with E-state index >= 15 is 0 Å². The van der Waals surface area contributed by atoms with Crippen molar-refractivity contribution in [2.24, 2.45) is 0 Å². The van der Waals surface area contributed by atoms with E-state index in [0.29, 0.717) is 24.4 Å². The molecule has 168 valence electrons. The van der Waals surface area contributed by atoms with E-state index in [-0.39, 0.29) is 16.9 Å². The van der Waals surface area contributed by atoms with Crippen molar-refractivity contribution in [3.63, 3.8) is 0 Å². The lowest BCUT2D eigenvalue weighted by Crippen LogP contribution is -2.33. The van der Waals surface area contributed by atoms with Gasteiger partial charge in [0, 0.05) is 23.9 Å². The van der Waals surface area contributed by atoms with Gasteiger partial charge in [0.05, 0.1) is 6.61 Å². The van der Waals surface area contributed by atoms with Gasteiger partial charge in [0.1, 0.15) is 5.75 Å². The number of nitrogens with one attached hydrogen (secondary N) is 3. The van der Waals surface area contributed by atoms with Gasteiger partial charge in [0.25, 0.3) is 5.91 Å². The molecule has 0 spiro atoms. The summed E-state index contributed by atoms with van der Waals surface area (Å²) in [5.74, 6) is 0.217. The highest BCUT2D eigenvalue weighted by Gasteiger charge is 2.08. The van der Waals surface area contributed by atoms with Gasteiger partial charge >= 0.3 is 0 Å². The van der Waals surface area contributed by atoms with Gasteiger partial charge in [-0.25, -0.2) is 0 Å². The third-order valence-electron chi connectivity index (χ3n) is 4.53. The van der Waals surface area contributed by atoms with E-state index in [1.54, 1.807) is 30.3 Å². The molecule has 0 unspecified atom stereocenters. The number of benzene rings is 3. The molecule has 0 atom stereocenters. The van der Waals surface area contributed by atoms with Crippen LogP contribution in [0.15, 0.2) is 84.9 Å². The number of hydrogen-bond donors (Lipinski definition) is 3. The fourth-order valence-corrected chi connectivity index (χ4v) is 3.17. The third kappa shape index (κ3) is 7.90. The van der Waals surface area contributed by atoms with Crippen LogP contribution in [-0.2, 0) is 11.3 Å². The molecule has 0 heterocycles. The van der Waals surface area contributed by atoms with Gasteiger partial charge in [-0.1, -0.05) is 48.5 Å². The minimum Gasteiger partial charge on any atom is -0.494 e. The van der Waals surface area contributed by atoms with Crippen molar-refractivity contribution in [1.29, 1.82) is 0 Å². The zero-order valence-electron chi connectivity index (χ0n) is 18.2. The quantitative estimate of drug-likeness (QED) is 0.340. The minimum atomic E-state index is -0.363. The Morgan fingerprint density at radius 1 is 0.970 bits per heavy atom. The van der Waals surface area contributed by atoms with E-state index in [1.165, 1.54) is 6.08 Å². The molecule has 0 aliphatic rings. The Bertz CT molecular complexity index is 1130. The van der Waals surface area contributed by atoms with Gasteiger partial charge in [0.2, 0.25) is 5.91 Å². The number of carbonyl (C=O) groups excluding carboxylic acids is 2. The summed E-state index contributed by atoms with van der Waals surface area (Å²) in [7, 11) is 0. The molecule has 3 aromatic carbocycles. The van der Waals surface area contributed by atoms with Crippen molar-refractivity contribution in [3.05, 3.63) is 102 Å². The lowest BCUT2D eigenvalue weighted by Gasteiger charge is -2.10. The molecule has 6 nitrogen and oxygen atoms in total. The first-order valence-electron chi connectivity index (χ1n) is 10.5. The molecule has 0 fully saturated rings. The van der Waals surface area contributed by atoms with Crippen LogP contribution in [0, 0.1) is 0 Å². The van der Waals surface area contributed by atoms with Gasteiger partial charge in [-0.3, -0.25) is 14.9 Å². The van der Waals surface area contributed by atoms with Crippen molar-refractivity contribution >= 4 is 40.9 Å². The second-order valence-electron chi connectivity index (χ2n) is 7.03. The molecule has 3 aromatic rings. The van der Waals surface area contributed by atoms with Crippen molar-refractivity contribution in [2.75, 3.05) is 11.9 Å². The minimum absolute atomic E-state index is 0.137. The van der Waals surface area contributed by atoms with Crippen LogP contribution in [0.1, 0.15) is 28.4 Å². The zero-order chi connectivity index (χ0) is 23.5. The Morgan fingerprint density at radius 2 is 1.73 bits per heavy atom. The number of amides is 2. The largest absolute Gasteiger partial charge is 0.494 e. The Kier molecular flexibility index (Phi) is 8.73. The molecule has 0 aliphatic heterocycles. The molecule has 0 aromatic heterocycles. The number of carbonyl (C=O) groups is 2. The molecule has 33 heavy (non-hydrogen) atoms. The highest BCUT2D eigenvalue weighted by molar-refractivity contribution is 7.80. The highest BCUT2D eigenvalue weighted by atomic mass is 32.1. The summed E-state index contributed by atoms with van der Waals surface area (Å²) in [4.78, 5) is 24.6. The Balaban J connectivity index is 1.50. The van der Waals surface area contributed by atoms with Crippen LogP contribution in [0.2, 0.25) is 0 Å². The van der Waals surface area contributed by atoms with E-state index < -0.39 is 0 Å². The Morgan fingerprint density at radius 3 is 2.45 bits per heavy atom. The fraction of sp³-hybridized carbons (Fsp3) is 0.115. The van der Waals surface area contributed by atoms with E-state index in [9.17, 15) is 9.59 Å². The smallest absolute Gasteiger partial charge is 0.251 e. The van der Waals surface area contributed by atoms with Crippen LogP contribution >= 0.6 is 12.2 Å². The lowest BCUT2D eigenvalue weighted by atomic mass is 10.1. The average Bonchev–Trinajstić information content (AvgIpc) is 2.83. The maximum absolute atomic E-state index is 12.5. The summed E-state index contributed by atoms with van der Waals surface area (Å²) in [6.07, 6.45) is 3.09. The fourth-order valence-electron chi connectivity index (χ4n) is 2.95. The highest BCUT2D eigenvalue weighted by Crippen LogP contribution is 2.13. The first-order valence-corrected chi connectivity index (χ1v) is 10.9. The van der Waals surface area contributed by atoms with Gasteiger partial charge in [-0.2, -0.15) is 0 Å². The van der Waals surface area contributed by atoms with Gasteiger partial charge in [-0.15, -0.1) is 0 Å². The number of rotatable bonds is 8. The molecular formula is C26H25N3O3S. The van der Waals surface area contributed by atoms with Gasteiger partial charge in [-0.05, 0) is 66.7 Å². The summed E-state index contributed by atoms with van der Waals surface area (Å²) in [6, 6.07) is 24.0. The predicted octanol–water partition coefficient (Wildman–Crippen LogP) is 4.54. The van der Waals surface area contributed by atoms with Gasteiger partial charge in [0.15, 0.2) is 5.11 Å². The third-order valence-corrected chi connectivity index (χ3v) is 4.74. The van der Waals surface area contributed by atoms with Crippen molar-refractivity contribution < 1.29 is 14.3 Å². The number of anilines is 1. The second-order valence-corrected chi connectivity index (χ2v) is 7.44. The molecular weight excluding hydrogens is 434 g/mol. The standard InChI is InChI=1S/C26H25N3O3S/c1-2-32-23-14-11-19(12-15-23)13-16-24(30)29-26(33)28-22-10-6-9-21(17-22)25(31)27-18-20-7-4-3-5-8-20/h3-17H,2,18H2,1H3,(H,27,31)(H2,28,29,30,33)/b16-13+. The van der Waals surface area contributed by atoms with Crippen LogP contribution in [0.5, 0.6) is 5.75 Å². The van der Waals surface area contributed by atoms with Crippen LogP contribution in [-0.4, -0.2) is 23.5 Å². The predicted molar refractivity (Wildman–Crippen MR) is 135 cm³/mol. The summed E-state index contributed by atoms with van der Waals surface area (Å²) in [5, 5.41) is 8.55. The molecule has 0 saturated heterocycles. The summed E-state index contributed by atoms with van der Waals surface area (Å²) >= 11 is 5.22. The van der Waals surface area contributed by atoms with E-state index in [2.05, 4.69) is 16.0 Å². The zero-order valence-corrected chi connectivity index (χ0v) is 19.0. The maximum atomic E-state index is 12.5. The topological polar surface area (TPSA) is 79.5 Å². The first-order chi connectivity index (χ1) is 16.0. The van der Waals surface area contributed by atoms with Crippen LogP contribution in [0.4, 0.5) is 5.69 Å². The SMILES string of the molecule is CCOc1ccc(/C=C/C(=O)NC(=S)Nc2cccc(C(=O)NCc3ccccc3)c2)cc1. The number of ether oxygens (including phenoxy) is 1. The molecule has 3 rings (SSSR count). The van der Waals surface area contributed by atoms with Gasteiger partial charge < -0.3 is 15.4 Å². The lowest BCUT2D eigenvalue weighted by molar-refractivity contribution is -0.115. The normalized spacial score (nSPS) is 10.5. The molecule has 3 N–H and O–H groups in total. The molecule has 0 saturated carbocycles. The van der Waals surface area contributed by atoms with Crippen molar-refractivity contribution in [3.8, 4) is 5.75 Å². The summed E-state index contributed by atoms with van der Waals surface area (Å²) < 4.78 is 5.40. The number of thiocarbonyl (C=S) groups is 1. The second kappa shape index (κ2) is 12.2. The van der Waals surface area contributed by atoms with E-state index in [1.807, 2.05) is 61.5 Å². The summed E-state index contributed by atoms with van der Waals surface area (Å²) in [5.41, 5.74) is 2.97. The Hall–Kier alpha value is -3.97. The molecule has 0 bridgehead atoms. The maximum Gasteiger partial charge on any atom is 0.251 e. The van der Waals surface area contributed by atoms with Crippen LogP contribution in [0.3, 0.4) is 0 Å². The summed E-state index contributed by atoms with van der Waals surface area (Å²) in [6.45, 7) is 2.96.